The summed E-state index contributed by atoms with van der Waals surface area (Å²) in [4.78, 5) is 82.8. The third-order valence-corrected chi connectivity index (χ3v) is 8.03. The van der Waals surface area contributed by atoms with E-state index in [0.717, 1.165) is 0 Å². The van der Waals surface area contributed by atoms with Crippen molar-refractivity contribution in [3.05, 3.63) is 0 Å². The maximum Gasteiger partial charge on any atom is 0.325 e. The van der Waals surface area contributed by atoms with Crippen molar-refractivity contribution < 1.29 is 39.0 Å². The number of amides is 5. The number of rotatable bonds is 21. The van der Waals surface area contributed by atoms with Gasteiger partial charge < -0.3 is 59.3 Å². The summed E-state index contributed by atoms with van der Waals surface area (Å²) in [6.07, 6.45) is 2.86. The first-order chi connectivity index (χ1) is 22.2. The van der Waals surface area contributed by atoms with Gasteiger partial charge >= 0.3 is 5.97 Å². The van der Waals surface area contributed by atoms with Crippen molar-refractivity contribution in [2.75, 3.05) is 26.2 Å². The fraction of sp³-hybridized carbons (Fsp3) is 0.759. The van der Waals surface area contributed by atoms with Crippen molar-refractivity contribution in [3.8, 4) is 0 Å². The van der Waals surface area contributed by atoms with Crippen molar-refractivity contribution in [2.24, 2.45) is 33.8 Å². The number of hydrogen-bond acceptors (Lipinski definition) is 10. The highest BCUT2D eigenvalue weighted by molar-refractivity contribution is 5.96. The van der Waals surface area contributed by atoms with E-state index in [-0.39, 0.29) is 38.3 Å². The smallest absolute Gasteiger partial charge is 0.325 e. The van der Waals surface area contributed by atoms with Crippen LogP contribution in [0.2, 0.25) is 0 Å². The van der Waals surface area contributed by atoms with Gasteiger partial charge in [0.2, 0.25) is 29.5 Å². The Labute approximate surface area is 275 Å². The Hall–Kier alpha value is -4.03. The molecule has 18 nitrogen and oxygen atoms in total. The van der Waals surface area contributed by atoms with Crippen molar-refractivity contribution in [3.63, 3.8) is 0 Å². The van der Waals surface area contributed by atoms with Crippen LogP contribution in [0.25, 0.3) is 0 Å². The molecule has 0 aromatic carbocycles. The molecule has 5 amide bonds. The third-order valence-electron chi connectivity index (χ3n) is 8.03. The monoisotopic (exact) mass is 670 g/mol. The number of unbranched alkanes of at least 4 members (excludes halogenated alkanes) is 1. The van der Waals surface area contributed by atoms with E-state index in [9.17, 15) is 39.0 Å². The first-order valence-corrected chi connectivity index (χ1v) is 16.0. The van der Waals surface area contributed by atoms with Gasteiger partial charge in [0.05, 0.1) is 6.61 Å². The van der Waals surface area contributed by atoms with Gasteiger partial charge in [-0.05, 0) is 64.3 Å². The fourth-order valence-corrected chi connectivity index (χ4v) is 4.99. The summed E-state index contributed by atoms with van der Waals surface area (Å²) in [6, 6.07) is -6.68. The zero-order chi connectivity index (χ0) is 35.7. The van der Waals surface area contributed by atoms with Crippen molar-refractivity contribution in [1.82, 2.24) is 26.2 Å². The molecule has 0 bridgehead atoms. The van der Waals surface area contributed by atoms with Crippen LogP contribution in [-0.2, 0) is 28.8 Å². The van der Waals surface area contributed by atoms with Gasteiger partial charge in [-0.1, -0.05) is 20.3 Å². The highest BCUT2D eigenvalue weighted by atomic mass is 16.4. The van der Waals surface area contributed by atoms with E-state index < -0.39 is 84.3 Å². The Morgan fingerprint density at radius 3 is 2.11 bits per heavy atom. The predicted molar refractivity (Wildman–Crippen MR) is 173 cm³/mol. The molecule has 0 radical (unpaired) electrons. The first kappa shape index (κ1) is 41.0. The fourth-order valence-electron chi connectivity index (χ4n) is 4.99. The van der Waals surface area contributed by atoms with E-state index in [0.29, 0.717) is 38.6 Å². The molecule has 0 unspecified atom stereocenters. The Bertz CT molecular complexity index is 1100. The molecule has 7 atom stereocenters. The topological polar surface area (TPSA) is 311 Å². The lowest BCUT2D eigenvalue weighted by atomic mass is 9.97. The third kappa shape index (κ3) is 13.7. The molecule has 0 aromatic heterocycles. The molecule has 1 saturated heterocycles. The molecule has 1 aliphatic heterocycles. The van der Waals surface area contributed by atoms with Gasteiger partial charge in [-0.2, -0.15) is 0 Å². The van der Waals surface area contributed by atoms with Crippen LogP contribution in [0.4, 0.5) is 0 Å². The minimum atomic E-state index is -1.25. The van der Waals surface area contributed by atoms with Crippen LogP contribution in [0.1, 0.15) is 72.1 Å². The summed E-state index contributed by atoms with van der Waals surface area (Å²) < 4.78 is 0. The summed E-state index contributed by atoms with van der Waals surface area (Å²) in [7, 11) is 0. The molecule has 0 aromatic rings. The minimum Gasteiger partial charge on any atom is -0.480 e. The second kappa shape index (κ2) is 21.0. The van der Waals surface area contributed by atoms with E-state index in [1.807, 2.05) is 0 Å². The summed E-state index contributed by atoms with van der Waals surface area (Å²) in [6.45, 7) is 4.99. The molecular formula is C29H54N10O8. The lowest BCUT2D eigenvalue weighted by molar-refractivity contribution is -0.142. The quantitative estimate of drug-likeness (QED) is 0.0324. The number of carbonyl (C=O) groups is 6. The summed E-state index contributed by atoms with van der Waals surface area (Å²) in [5, 5.41) is 29.0. The molecule has 1 rings (SSSR count). The Kier molecular flexibility index (Phi) is 18.3. The Morgan fingerprint density at radius 1 is 0.915 bits per heavy atom. The van der Waals surface area contributed by atoms with Crippen LogP contribution < -0.4 is 44.2 Å². The van der Waals surface area contributed by atoms with Gasteiger partial charge in [-0.25, -0.2) is 0 Å². The lowest BCUT2D eigenvalue weighted by Gasteiger charge is -2.29. The summed E-state index contributed by atoms with van der Waals surface area (Å²) >= 11 is 0. The number of aliphatic hydroxyl groups excluding tert-OH is 1. The SMILES string of the molecule is CC[C@H](C)[C@H](NC(=O)[C@H](CCCN=C(N)N)NC(=O)[C@H](CCCCN)NC(=O)[C@@H]1CCCN1C(=O)[C@@H](N)CO)C(=O)N[C@@H](C)C(=O)O. The predicted octanol–water partition coefficient (Wildman–Crippen LogP) is -3.43. The van der Waals surface area contributed by atoms with E-state index in [4.69, 9.17) is 22.9 Å². The van der Waals surface area contributed by atoms with Gasteiger partial charge in [0.25, 0.3) is 0 Å². The second-order valence-electron chi connectivity index (χ2n) is 11.8. The molecular weight excluding hydrogens is 616 g/mol. The van der Waals surface area contributed by atoms with Crippen LogP contribution in [0.5, 0.6) is 0 Å². The molecule has 0 aliphatic carbocycles. The van der Waals surface area contributed by atoms with Crippen molar-refractivity contribution in [1.29, 1.82) is 0 Å². The Balaban J connectivity index is 3.24. The van der Waals surface area contributed by atoms with Gasteiger partial charge in [-0.3, -0.25) is 33.8 Å². The van der Waals surface area contributed by atoms with Crippen molar-refractivity contribution in [2.45, 2.75) is 108 Å². The molecule has 47 heavy (non-hydrogen) atoms. The first-order valence-electron chi connectivity index (χ1n) is 16.0. The molecule has 18 heteroatoms. The summed E-state index contributed by atoms with van der Waals surface area (Å²) in [5.74, 6) is -5.03. The van der Waals surface area contributed by atoms with Crippen LogP contribution in [0, 0.1) is 5.92 Å². The standard InChI is InChI=1S/C29H54N10O8/c1-4-16(2)22(26(44)35-17(3)28(46)47)38-24(42)20(10-7-13-34-29(32)33)36-23(41)19(9-5-6-12-30)37-25(43)21-11-8-14-39(21)27(45)18(31)15-40/h16-22,40H,4-15,30-31H2,1-3H3,(H,35,44)(H,36,41)(H,37,43)(H,38,42)(H,46,47)(H4,32,33,34)/t16-,17-,18-,19-,20-,21-,22-/m0/s1. The maximum atomic E-state index is 13.7. The highest BCUT2D eigenvalue weighted by Gasteiger charge is 2.38. The van der Waals surface area contributed by atoms with Gasteiger partial charge in [0, 0.05) is 13.1 Å². The number of guanidine groups is 1. The number of aliphatic carboxylic acids is 1. The number of hydrogen-bond donors (Lipinski definition) is 10. The number of aliphatic hydroxyl groups is 1. The molecule has 14 N–H and O–H groups in total. The van der Waals surface area contributed by atoms with E-state index in [2.05, 4.69) is 26.3 Å². The van der Waals surface area contributed by atoms with Gasteiger partial charge in [0.1, 0.15) is 36.3 Å². The van der Waals surface area contributed by atoms with Gasteiger partial charge in [-0.15, -0.1) is 0 Å². The van der Waals surface area contributed by atoms with Crippen molar-refractivity contribution >= 4 is 41.5 Å². The summed E-state index contributed by atoms with van der Waals surface area (Å²) in [5.41, 5.74) is 22.1. The number of likely N-dealkylation sites (tertiary alicyclic amines) is 1. The van der Waals surface area contributed by atoms with E-state index in [1.165, 1.54) is 11.8 Å². The van der Waals surface area contributed by atoms with Crippen LogP contribution in [0.3, 0.4) is 0 Å². The van der Waals surface area contributed by atoms with Crippen LogP contribution in [0.15, 0.2) is 4.99 Å². The number of carboxylic acids is 1. The van der Waals surface area contributed by atoms with E-state index >= 15 is 0 Å². The molecule has 268 valence electrons. The number of nitrogens with one attached hydrogen (secondary N) is 4. The number of aliphatic imine (C=N–C) groups is 1. The highest BCUT2D eigenvalue weighted by Crippen LogP contribution is 2.19. The Morgan fingerprint density at radius 2 is 1.53 bits per heavy atom. The maximum absolute atomic E-state index is 13.7. The number of nitrogens with zero attached hydrogens (tertiary/aromatic N) is 2. The van der Waals surface area contributed by atoms with Crippen LogP contribution >= 0.6 is 0 Å². The largest absolute Gasteiger partial charge is 0.480 e. The average molecular weight is 671 g/mol. The normalized spacial score (nSPS) is 18.1. The number of carboxylic acid groups (broad SMARTS) is 1. The molecule has 0 spiro atoms. The molecule has 1 heterocycles. The average Bonchev–Trinajstić information content (AvgIpc) is 3.53. The molecule has 1 aliphatic rings. The van der Waals surface area contributed by atoms with E-state index in [1.54, 1.807) is 13.8 Å². The molecule has 1 fully saturated rings. The second-order valence-corrected chi connectivity index (χ2v) is 11.8. The number of carbonyl (C=O) groups excluding carboxylic acids is 5. The van der Waals surface area contributed by atoms with Crippen LogP contribution in [-0.4, -0.2) is 119 Å². The zero-order valence-electron chi connectivity index (χ0n) is 27.6. The minimum absolute atomic E-state index is 0.0577. The zero-order valence-corrected chi connectivity index (χ0v) is 27.6. The lowest BCUT2D eigenvalue weighted by Crippen LogP contribution is -2.59. The number of nitrogens with two attached hydrogens (primary N) is 4. The van der Waals surface area contributed by atoms with Gasteiger partial charge in [0.15, 0.2) is 5.96 Å². The molecule has 0 saturated carbocycles.